The van der Waals surface area contributed by atoms with Crippen LogP contribution in [0.4, 0.5) is 13.2 Å². The van der Waals surface area contributed by atoms with Crippen molar-refractivity contribution in [3.05, 3.63) is 29.8 Å². The van der Waals surface area contributed by atoms with Gasteiger partial charge in [0.25, 0.3) is 5.91 Å². The molecule has 0 aromatic heterocycles. The van der Waals surface area contributed by atoms with Gasteiger partial charge in [-0.3, -0.25) is 9.59 Å². The lowest BCUT2D eigenvalue weighted by Crippen LogP contribution is -2.42. The molecule has 0 aliphatic heterocycles. The quantitative estimate of drug-likeness (QED) is 0.874. The Morgan fingerprint density at radius 1 is 1.29 bits per heavy atom. The van der Waals surface area contributed by atoms with Gasteiger partial charge in [-0.05, 0) is 19.1 Å². The van der Waals surface area contributed by atoms with Gasteiger partial charge in [0.2, 0.25) is 0 Å². The van der Waals surface area contributed by atoms with Crippen LogP contribution in [0.3, 0.4) is 0 Å². The zero-order valence-electron chi connectivity index (χ0n) is 11.2. The number of nitrogens with zero attached hydrogens (tertiary/aromatic N) is 1. The largest absolute Gasteiger partial charge is 0.493 e. The molecule has 0 saturated heterocycles. The van der Waals surface area contributed by atoms with Crippen molar-refractivity contribution in [2.75, 3.05) is 19.7 Å². The second kappa shape index (κ2) is 6.96. The highest BCUT2D eigenvalue weighted by Crippen LogP contribution is 2.23. The maximum absolute atomic E-state index is 12.5. The van der Waals surface area contributed by atoms with Crippen LogP contribution in [0.1, 0.15) is 17.3 Å². The SMILES string of the molecule is CCOc1ccccc1C(=O)N(CC(=O)O)CC(F)(F)F. The predicted octanol–water partition coefficient (Wildman–Crippen LogP) is 2.17. The second-order valence-electron chi connectivity index (χ2n) is 4.10. The fourth-order valence-electron chi connectivity index (χ4n) is 1.67. The second-order valence-corrected chi connectivity index (χ2v) is 4.10. The first-order chi connectivity index (χ1) is 9.74. The van der Waals surface area contributed by atoms with E-state index in [9.17, 15) is 22.8 Å². The van der Waals surface area contributed by atoms with Gasteiger partial charge in [0, 0.05) is 0 Å². The number of ether oxygens (including phenoxy) is 1. The molecule has 0 heterocycles. The number of carbonyl (C=O) groups excluding carboxylic acids is 1. The zero-order chi connectivity index (χ0) is 16.0. The molecule has 0 bridgehead atoms. The highest BCUT2D eigenvalue weighted by molar-refractivity contribution is 5.98. The summed E-state index contributed by atoms with van der Waals surface area (Å²) in [6.45, 7) is -0.800. The maximum Gasteiger partial charge on any atom is 0.406 e. The molecule has 1 N–H and O–H groups in total. The third-order valence-electron chi connectivity index (χ3n) is 2.40. The number of para-hydroxylation sites is 1. The summed E-state index contributed by atoms with van der Waals surface area (Å²) in [4.78, 5) is 23.0. The van der Waals surface area contributed by atoms with Gasteiger partial charge in [-0.1, -0.05) is 12.1 Å². The third kappa shape index (κ3) is 5.33. The Hall–Kier alpha value is -2.25. The Morgan fingerprint density at radius 2 is 1.90 bits per heavy atom. The molecule has 0 atom stereocenters. The summed E-state index contributed by atoms with van der Waals surface area (Å²) in [6.07, 6.45) is -4.69. The van der Waals surface area contributed by atoms with Gasteiger partial charge < -0.3 is 14.7 Å². The lowest BCUT2D eigenvalue weighted by Gasteiger charge is -2.23. The Bertz CT molecular complexity index is 516. The first-order valence-corrected chi connectivity index (χ1v) is 6.04. The molecule has 0 radical (unpaired) electrons. The Kier molecular flexibility index (Phi) is 5.57. The Balaban J connectivity index is 3.07. The van der Waals surface area contributed by atoms with E-state index >= 15 is 0 Å². The van der Waals surface area contributed by atoms with Crippen molar-refractivity contribution in [2.45, 2.75) is 13.1 Å². The average molecular weight is 305 g/mol. The molecule has 0 spiro atoms. The first kappa shape index (κ1) is 16.8. The minimum atomic E-state index is -4.69. The van der Waals surface area contributed by atoms with Crippen molar-refractivity contribution in [1.82, 2.24) is 4.90 Å². The van der Waals surface area contributed by atoms with Gasteiger partial charge >= 0.3 is 12.1 Å². The van der Waals surface area contributed by atoms with E-state index < -0.39 is 31.1 Å². The normalized spacial score (nSPS) is 11.0. The van der Waals surface area contributed by atoms with E-state index in [0.717, 1.165) is 0 Å². The van der Waals surface area contributed by atoms with Gasteiger partial charge in [0.05, 0.1) is 12.2 Å². The van der Waals surface area contributed by atoms with Crippen LogP contribution in [0.2, 0.25) is 0 Å². The molecule has 0 aliphatic carbocycles. The number of benzene rings is 1. The monoisotopic (exact) mass is 305 g/mol. The van der Waals surface area contributed by atoms with Crippen LogP contribution >= 0.6 is 0 Å². The van der Waals surface area contributed by atoms with Crippen LogP contribution in [0.5, 0.6) is 5.75 Å². The molecule has 0 fully saturated rings. The van der Waals surface area contributed by atoms with E-state index in [-0.39, 0.29) is 22.8 Å². The van der Waals surface area contributed by atoms with Gasteiger partial charge in [0.15, 0.2) is 0 Å². The molecule has 1 rings (SSSR count). The average Bonchev–Trinajstić information content (AvgIpc) is 2.36. The van der Waals surface area contributed by atoms with E-state index in [2.05, 4.69) is 0 Å². The summed E-state index contributed by atoms with van der Waals surface area (Å²) in [5.74, 6) is -2.46. The van der Waals surface area contributed by atoms with Crippen molar-refractivity contribution in [1.29, 1.82) is 0 Å². The summed E-state index contributed by atoms with van der Waals surface area (Å²) >= 11 is 0. The lowest BCUT2D eigenvalue weighted by molar-refractivity contribution is -0.149. The molecule has 8 heteroatoms. The van der Waals surface area contributed by atoms with Crippen molar-refractivity contribution < 1.29 is 32.6 Å². The van der Waals surface area contributed by atoms with Crippen molar-refractivity contribution in [3.8, 4) is 5.75 Å². The molecule has 1 aromatic rings. The summed E-state index contributed by atoms with van der Waals surface area (Å²) < 4.78 is 42.6. The lowest BCUT2D eigenvalue weighted by atomic mass is 10.1. The fourth-order valence-corrected chi connectivity index (χ4v) is 1.67. The topological polar surface area (TPSA) is 66.8 Å². The third-order valence-corrected chi connectivity index (χ3v) is 2.40. The summed E-state index contributed by atoms with van der Waals surface area (Å²) in [5.41, 5.74) is -0.107. The number of alkyl halides is 3. The molecule has 1 amide bonds. The highest BCUT2D eigenvalue weighted by Gasteiger charge is 2.35. The van der Waals surface area contributed by atoms with Crippen molar-refractivity contribution >= 4 is 11.9 Å². The van der Waals surface area contributed by atoms with Crippen molar-refractivity contribution in [3.63, 3.8) is 0 Å². The Morgan fingerprint density at radius 3 is 2.43 bits per heavy atom. The van der Waals surface area contributed by atoms with Crippen LogP contribution in [-0.4, -0.2) is 47.8 Å². The van der Waals surface area contributed by atoms with Gasteiger partial charge in [-0.25, -0.2) is 0 Å². The Labute approximate surface area is 118 Å². The molecule has 1 aromatic carbocycles. The number of carbonyl (C=O) groups is 2. The number of amides is 1. The number of hydrogen-bond donors (Lipinski definition) is 1. The van der Waals surface area contributed by atoms with Crippen LogP contribution in [-0.2, 0) is 4.79 Å². The molecule has 21 heavy (non-hydrogen) atoms. The first-order valence-electron chi connectivity index (χ1n) is 6.04. The standard InChI is InChI=1S/C13H14F3NO4/c1-2-21-10-6-4-3-5-9(10)12(20)17(7-11(18)19)8-13(14,15)16/h3-6H,2,7-8H2,1H3,(H,18,19). The number of aliphatic carboxylic acids is 1. The van der Waals surface area contributed by atoms with E-state index in [1.54, 1.807) is 13.0 Å². The minimum Gasteiger partial charge on any atom is -0.493 e. The van der Waals surface area contributed by atoms with Crippen LogP contribution < -0.4 is 4.74 Å². The smallest absolute Gasteiger partial charge is 0.406 e. The highest BCUT2D eigenvalue weighted by atomic mass is 19.4. The van der Waals surface area contributed by atoms with Gasteiger partial charge in [-0.2, -0.15) is 13.2 Å². The van der Waals surface area contributed by atoms with E-state index in [0.29, 0.717) is 0 Å². The van der Waals surface area contributed by atoms with Crippen molar-refractivity contribution in [2.24, 2.45) is 0 Å². The van der Waals surface area contributed by atoms with Crippen LogP contribution in [0.25, 0.3) is 0 Å². The summed E-state index contributed by atoms with van der Waals surface area (Å²) in [6, 6.07) is 5.75. The molecule has 116 valence electrons. The van der Waals surface area contributed by atoms with Gasteiger partial charge in [0.1, 0.15) is 18.8 Å². The van der Waals surface area contributed by atoms with E-state index in [1.807, 2.05) is 0 Å². The fraction of sp³-hybridized carbons (Fsp3) is 0.385. The molecular weight excluding hydrogens is 291 g/mol. The van der Waals surface area contributed by atoms with Crippen LogP contribution in [0, 0.1) is 0 Å². The zero-order valence-corrected chi connectivity index (χ0v) is 11.2. The van der Waals surface area contributed by atoms with E-state index in [1.165, 1.54) is 18.2 Å². The summed E-state index contributed by atoms with van der Waals surface area (Å²) in [5, 5.41) is 8.66. The number of rotatable bonds is 6. The van der Waals surface area contributed by atoms with E-state index in [4.69, 9.17) is 9.84 Å². The molecule has 0 saturated carbocycles. The molecule has 5 nitrogen and oxygen atoms in total. The summed E-state index contributed by atoms with van der Waals surface area (Å²) in [7, 11) is 0. The molecule has 0 unspecified atom stereocenters. The predicted molar refractivity (Wildman–Crippen MR) is 67.2 cm³/mol. The van der Waals surface area contributed by atoms with Crippen LogP contribution in [0.15, 0.2) is 24.3 Å². The van der Waals surface area contributed by atoms with Gasteiger partial charge in [-0.15, -0.1) is 0 Å². The maximum atomic E-state index is 12.5. The minimum absolute atomic E-state index is 0.107. The number of carboxylic acids is 1. The number of halogens is 3. The molecular formula is C13H14F3NO4. The molecule has 0 aliphatic rings. The number of hydrogen-bond acceptors (Lipinski definition) is 3. The number of carboxylic acid groups (broad SMARTS) is 1.